The van der Waals surface area contributed by atoms with E-state index in [2.05, 4.69) is 10.2 Å². The van der Waals surface area contributed by atoms with E-state index in [1.165, 1.54) is 0 Å². The maximum absolute atomic E-state index is 14.4. The van der Waals surface area contributed by atoms with Crippen LogP contribution < -0.4 is 14.9 Å². The van der Waals surface area contributed by atoms with E-state index in [-0.39, 0.29) is 23.3 Å². The van der Waals surface area contributed by atoms with Gasteiger partial charge in [0.25, 0.3) is 11.8 Å². The Labute approximate surface area is 297 Å². The second-order valence-corrected chi connectivity index (χ2v) is 15.1. The molecule has 1 aliphatic heterocycles. The Bertz CT molecular complexity index is 1770. The van der Waals surface area contributed by atoms with Gasteiger partial charge in [-0.1, -0.05) is 79.4 Å². The Morgan fingerprint density at radius 2 is 1.71 bits per heavy atom. The van der Waals surface area contributed by atoms with Gasteiger partial charge in [0.05, 0.1) is 31.4 Å². The number of ketones is 1. The number of sulfonamides is 1. The molecule has 1 saturated carbocycles. The van der Waals surface area contributed by atoms with Gasteiger partial charge in [0.15, 0.2) is 0 Å². The fraction of sp³-hybridized carbons (Fsp3) is 0.417. The van der Waals surface area contributed by atoms with Gasteiger partial charge in [-0.25, -0.2) is 18.6 Å². The Balaban J connectivity index is 1.41. The van der Waals surface area contributed by atoms with Crippen molar-refractivity contribution in [2.75, 3.05) is 12.9 Å². The Morgan fingerprint density at radius 3 is 2.43 bits per heavy atom. The molecule has 0 aromatic heterocycles. The zero-order chi connectivity index (χ0) is 35.1. The van der Waals surface area contributed by atoms with E-state index in [0.717, 1.165) is 24.7 Å². The van der Waals surface area contributed by atoms with Gasteiger partial charge >= 0.3 is 0 Å². The van der Waals surface area contributed by atoms with Crippen LogP contribution in [-0.2, 0) is 31.1 Å². The molecule has 0 saturated heterocycles. The molecule has 2 N–H and O–H groups in total. The fourth-order valence-corrected chi connectivity index (χ4v) is 8.05. The number of hydrogen-bond donors (Lipinski definition) is 2. The summed E-state index contributed by atoms with van der Waals surface area (Å²) in [5.74, 6) is -0.897. The predicted molar refractivity (Wildman–Crippen MR) is 188 cm³/mol. The second kappa shape index (κ2) is 16.5. The molecule has 0 bridgehead atoms. The monoisotopic (exact) mass is 729 g/mol. The molecule has 0 spiro atoms. The summed E-state index contributed by atoms with van der Waals surface area (Å²) in [6.07, 6.45) is 5.40. The molecule has 13 heteroatoms. The van der Waals surface area contributed by atoms with Crippen molar-refractivity contribution in [3.63, 3.8) is 0 Å². The normalized spacial score (nSPS) is 20.8. The van der Waals surface area contributed by atoms with Crippen molar-refractivity contribution in [1.29, 1.82) is 0 Å². The number of fused-ring (bicyclic) bond motifs is 1. The van der Waals surface area contributed by atoms with Crippen LogP contribution in [0.15, 0.2) is 66.7 Å². The maximum atomic E-state index is 14.4. The number of Topliss-reactive ketones (excluding diaryl/α,β-unsaturated/α-hetero) is 1. The van der Waals surface area contributed by atoms with Crippen LogP contribution >= 0.6 is 23.2 Å². The molecule has 49 heavy (non-hydrogen) atoms. The van der Waals surface area contributed by atoms with E-state index >= 15 is 0 Å². The molecule has 10 nitrogen and oxygen atoms in total. The van der Waals surface area contributed by atoms with Gasteiger partial charge in [-0.3, -0.25) is 19.2 Å². The van der Waals surface area contributed by atoms with Gasteiger partial charge in [0, 0.05) is 40.5 Å². The predicted octanol–water partition coefficient (Wildman–Crippen LogP) is 6.52. The van der Waals surface area contributed by atoms with E-state index in [9.17, 15) is 22.8 Å². The number of carbonyl (C=O) groups is 3. The summed E-state index contributed by atoms with van der Waals surface area (Å²) in [5, 5.41) is 0.667. The third kappa shape index (κ3) is 9.20. The number of benzene rings is 3. The maximum Gasteiger partial charge on any atom is 0.255 e. The van der Waals surface area contributed by atoms with Crippen LogP contribution in [0.4, 0.5) is 0 Å². The van der Waals surface area contributed by atoms with Crippen LogP contribution in [-0.4, -0.2) is 55.9 Å². The molecular weight excluding hydrogens is 689 g/mol. The molecule has 3 aromatic carbocycles. The van der Waals surface area contributed by atoms with Crippen molar-refractivity contribution in [2.24, 2.45) is 0 Å². The van der Waals surface area contributed by atoms with Gasteiger partial charge in [-0.15, -0.1) is 0 Å². The molecule has 3 aromatic rings. The first kappa shape index (κ1) is 36.8. The van der Waals surface area contributed by atoms with E-state index < -0.39 is 40.0 Å². The average Bonchev–Trinajstić information content (AvgIpc) is 3.07. The standard InChI is InChI=1S/C36H41Cl2N3O7S/c1-3-25(42)9-8-20-47-26-17-14-23(15-18-26)22-48-39-35(43)33-27-10-4-5-11-28(27)36(44)41(34(33)29-19-16-24(37)21-30(29)38)32-13-7-6-12-31(32)40-49(2,45)46/h4-5,10-11,14-19,21,31-34,40H,3,6-9,12-13,20,22H2,1-2H3,(H,39,43)/t31-,32-,33+,34-/m0/s1. The second-order valence-electron chi connectivity index (χ2n) is 12.5. The summed E-state index contributed by atoms with van der Waals surface area (Å²) < 4.78 is 33.3. The molecule has 1 aliphatic carbocycles. The number of ether oxygens (including phenoxy) is 1. The minimum Gasteiger partial charge on any atom is -0.494 e. The largest absolute Gasteiger partial charge is 0.494 e. The number of nitrogens with one attached hydrogen (secondary N) is 2. The van der Waals surface area contributed by atoms with Crippen LogP contribution in [0.2, 0.25) is 10.0 Å². The van der Waals surface area contributed by atoms with Crippen LogP contribution in [0.1, 0.15) is 90.9 Å². The molecular formula is C36H41Cl2N3O7S. The van der Waals surface area contributed by atoms with Gasteiger partial charge in [0.1, 0.15) is 11.5 Å². The van der Waals surface area contributed by atoms with E-state index in [1.54, 1.807) is 59.5 Å². The summed E-state index contributed by atoms with van der Waals surface area (Å²) in [6, 6.07) is 17.1. The first-order valence-electron chi connectivity index (χ1n) is 16.5. The van der Waals surface area contributed by atoms with Crippen molar-refractivity contribution in [3.8, 4) is 5.75 Å². The highest BCUT2D eigenvalue weighted by Gasteiger charge is 2.49. The zero-order valence-electron chi connectivity index (χ0n) is 27.5. The van der Waals surface area contributed by atoms with Crippen molar-refractivity contribution in [1.82, 2.24) is 15.1 Å². The Kier molecular flexibility index (Phi) is 12.4. The zero-order valence-corrected chi connectivity index (χ0v) is 29.8. The van der Waals surface area contributed by atoms with Gasteiger partial charge in [-0.2, -0.15) is 0 Å². The minimum atomic E-state index is -3.60. The minimum absolute atomic E-state index is 0.0589. The smallest absolute Gasteiger partial charge is 0.255 e. The van der Waals surface area contributed by atoms with Crippen LogP contribution in [0.3, 0.4) is 0 Å². The third-order valence-electron chi connectivity index (χ3n) is 8.99. The van der Waals surface area contributed by atoms with Crippen molar-refractivity contribution in [3.05, 3.63) is 99.0 Å². The lowest BCUT2D eigenvalue weighted by molar-refractivity contribution is -0.138. The van der Waals surface area contributed by atoms with Crippen LogP contribution in [0.25, 0.3) is 0 Å². The van der Waals surface area contributed by atoms with Crippen molar-refractivity contribution in [2.45, 2.75) is 82.5 Å². The Hall–Kier alpha value is -3.48. The highest BCUT2D eigenvalue weighted by molar-refractivity contribution is 7.88. The highest BCUT2D eigenvalue weighted by atomic mass is 35.5. The third-order valence-corrected chi connectivity index (χ3v) is 10.3. The summed E-state index contributed by atoms with van der Waals surface area (Å²) in [5.41, 5.74) is 4.76. The lowest BCUT2D eigenvalue weighted by Gasteiger charge is -2.49. The lowest BCUT2D eigenvalue weighted by Crippen LogP contribution is -2.59. The number of halogens is 2. The van der Waals surface area contributed by atoms with Crippen LogP contribution in [0.5, 0.6) is 5.75 Å². The summed E-state index contributed by atoms with van der Waals surface area (Å²) in [7, 11) is -3.60. The van der Waals surface area contributed by atoms with Crippen molar-refractivity contribution >= 4 is 50.8 Å². The van der Waals surface area contributed by atoms with Crippen molar-refractivity contribution < 1.29 is 32.4 Å². The molecule has 1 fully saturated rings. The number of hydrogen-bond acceptors (Lipinski definition) is 7. The Morgan fingerprint density at radius 1 is 0.980 bits per heavy atom. The molecule has 2 amide bonds. The first-order chi connectivity index (χ1) is 23.5. The molecule has 0 unspecified atom stereocenters. The quantitative estimate of drug-likeness (QED) is 0.143. The van der Waals surface area contributed by atoms with Gasteiger partial charge < -0.3 is 9.64 Å². The number of amides is 2. The molecule has 0 radical (unpaired) electrons. The first-order valence-corrected chi connectivity index (χ1v) is 19.1. The molecule has 262 valence electrons. The SMILES string of the molecule is CCC(=O)CCCOc1ccc(CONC(=O)[C@@H]2c3ccccc3C(=O)N([C@H]3CCCC[C@@H]3NS(C)(=O)=O)[C@H]2c2ccc(Cl)cc2Cl)cc1. The van der Waals surface area contributed by atoms with E-state index in [0.29, 0.717) is 66.2 Å². The van der Waals surface area contributed by atoms with E-state index in [4.69, 9.17) is 32.8 Å². The average molecular weight is 731 g/mol. The summed E-state index contributed by atoms with van der Waals surface area (Å²) in [4.78, 5) is 47.5. The highest BCUT2D eigenvalue weighted by Crippen LogP contribution is 2.48. The topological polar surface area (TPSA) is 131 Å². The molecule has 4 atom stereocenters. The van der Waals surface area contributed by atoms with Crippen LogP contribution in [0, 0.1) is 0 Å². The summed E-state index contributed by atoms with van der Waals surface area (Å²) in [6.45, 7) is 2.34. The van der Waals surface area contributed by atoms with E-state index in [1.807, 2.05) is 19.1 Å². The summed E-state index contributed by atoms with van der Waals surface area (Å²) >= 11 is 13.1. The molecule has 5 rings (SSSR count). The fourth-order valence-electron chi connectivity index (χ4n) is 6.70. The lowest BCUT2D eigenvalue weighted by atomic mass is 9.76. The van der Waals surface area contributed by atoms with Gasteiger partial charge in [-0.05, 0) is 66.3 Å². The number of nitrogens with zero attached hydrogens (tertiary/aromatic N) is 1. The van der Waals surface area contributed by atoms with Gasteiger partial charge in [0.2, 0.25) is 10.0 Å². The number of rotatable bonds is 14. The number of hydroxylamine groups is 1. The molecule has 2 aliphatic rings. The molecule has 1 heterocycles. The number of carbonyl (C=O) groups excluding carboxylic acids is 3.